The van der Waals surface area contributed by atoms with E-state index in [0.29, 0.717) is 6.61 Å². The van der Waals surface area contributed by atoms with Gasteiger partial charge < -0.3 is 10.1 Å². The van der Waals surface area contributed by atoms with E-state index < -0.39 is 0 Å². The second-order valence-corrected chi connectivity index (χ2v) is 5.72. The van der Waals surface area contributed by atoms with Crippen molar-refractivity contribution in [2.24, 2.45) is 0 Å². The van der Waals surface area contributed by atoms with E-state index in [1.54, 1.807) is 6.20 Å². The van der Waals surface area contributed by atoms with E-state index in [9.17, 15) is 0 Å². The van der Waals surface area contributed by atoms with Crippen LogP contribution in [-0.2, 0) is 13.0 Å². The van der Waals surface area contributed by atoms with E-state index in [1.165, 1.54) is 24.0 Å². The van der Waals surface area contributed by atoms with Crippen molar-refractivity contribution in [1.29, 1.82) is 0 Å². The lowest BCUT2D eigenvalue weighted by atomic mass is 10.1. The van der Waals surface area contributed by atoms with Gasteiger partial charge in [0.1, 0.15) is 12.4 Å². The summed E-state index contributed by atoms with van der Waals surface area (Å²) >= 11 is 0. The highest BCUT2D eigenvalue weighted by Crippen LogP contribution is 2.18. The number of nitrogens with zero attached hydrogens (tertiary/aromatic N) is 1. The van der Waals surface area contributed by atoms with Crippen molar-refractivity contribution in [2.45, 2.75) is 38.8 Å². The Morgan fingerprint density at radius 3 is 2.52 bits per heavy atom. The van der Waals surface area contributed by atoms with Crippen molar-refractivity contribution in [3.63, 3.8) is 0 Å². The summed E-state index contributed by atoms with van der Waals surface area (Å²) in [5, 5.41) is 3.54. The highest BCUT2D eigenvalue weighted by atomic mass is 16.5. The number of nitrogens with one attached hydrogen (secondary N) is 1. The molecule has 21 heavy (non-hydrogen) atoms. The zero-order valence-corrected chi connectivity index (χ0v) is 12.5. The fourth-order valence-corrected chi connectivity index (χ4v) is 2.22. The number of hydrogen-bond acceptors (Lipinski definition) is 3. The largest absolute Gasteiger partial charge is 0.487 e. The molecule has 3 heteroatoms. The van der Waals surface area contributed by atoms with Crippen LogP contribution in [0.5, 0.6) is 5.75 Å². The maximum absolute atomic E-state index is 5.73. The van der Waals surface area contributed by atoms with Crippen LogP contribution in [0.2, 0.25) is 0 Å². The Morgan fingerprint density at radius 1 is 1.10 bits per heavy atom. The molecule has 1 heterocycles. The van der Waals surface area contributed by atoms with Gasteiger partial charge in [0.05, 0.1) is 6.20 Å². The van der Waals surface area contributed by atoms with Gasteiger partial charge in [-0.15, -0.1) is 0 Å². The Hall–Kier alpha value is -1.87. The molecule has 0 radical (unpaired) electrons. The first kappa shape index (κ1) is 14.1. The summed E-state index contributed by atoms with van der Waals surface area (Å²) in [5.74, 6) is 0.818. The Kier molecular flexibility index (Phi) is 4.51. The molecule has 0 bridgehead atoms. The molecule has 0 amide bonds. The molecule has 110 valence electrons. The summed E-state index contributed by atoms with van der Waals surface area (Å²) in [6.45, 7) is 3.64. The lowest BCUT2D eigenvalue weighted by Gasteiger charge is -2.07. The minimum absolute atomic E-state index is 0.589. The Labute approximate surface area is 126 Å². The zero-order chi connectivity index (χ0) is 14.5. The summed E-state index contributed by atoms with van der Waals surface area (Å²) in [5.41, 5.74) is 3.57. The SMILES string of the molecule is Cc1ccc(OCc2ccc(CCNC3CC3)cc2)cn1. The van der Waals surface area contributed by atoms with E-state index >= 15 is 0 Å². The van der Waals surface area contributed by atoms with Gasteiger partial charge in [-0.1, -0.05) is 24.3 Å². The van der Waals surface area contributed by atoms with Crippen molar-refractivity contribution in [3.05, 3.63) is 59.4 Å². The number of ether oxygens (including phenoxy) is 1. The van der Waals surface area contributed by atoms with Gasteiger partial charge in [0.15, 0.2) is 0 Å². The van der Waals surface area contributed by atoms with E-state index in [2.05, 4.69) is 34.6 Å². The van der Waals surface area contributed by atoms with Crippen molar-refractivity contribution in [3.8, 4) is 5.75 Å². The maximum atomic E-state index is 5.73. The summed E-state index contributed by atoms with van der Waals surface area (Å²) in [6, 6.07) is 13.4. The van der Waals surface area contributed by atoms with Crippen molar-refractivity contribution in [1.82, 2.24) is 10.3 Å². The van der Waals surface area contributed by atoms with Crippen molar-refractivity contribution < 1.29 is 4.74 Å². The van der Waals surface area contributed by atoms with Crippen molar-refractivity contribution >= 4 is 0 Å². The molecule has 1 aliphatic carbocycles. The minimum Gasteiger partial charge on any atom is -0.487 e. The average Bonchev–Trinajstić information content (AvgIpc) is 3.32. The molecule has 3 nitrogen and oxygen atoms in total. The summed E-state index contributed by atoms with van der Waals surface area (Å²) in [7, 11) is 0. The highest BCUT2D eigenvalue weighted by molar-refractivity contribution is 5.24. The van der Waals surface area contributed by atoms with E-state index in [4.69, 9.17) is 4.74 Å². The zero-order valence-electron chi connectivity index (χ0n) is 12.5. The number of benzene rings is 1. The first-order chi connectivity index (χ1) is 10.3. The molecule has 1 N–H and O–H groups in total. The molecule has 2 aromatic rings. The maximum Gasteiger partial charge on any atom is 0.138 e. The summed E-state index contributed by atoms with van der Waals surface area (Å²) in [4.78, 5) is 4.23. The average molecular weight is 282 g/mol. The molecule has 0 unspecified atom stereocenters. The lowest BCUT2D eigenvalue weighted by Crippen LogP contribution is -2.19. The van der Waals surface area contributed by atoms with E-state index in [0.717, 1.165) is 30.5 Å². The molecular formula is C18H22N2O. The van der Waals surface area contributed by atoms with Gasteiger partial charge >= 0.3 is 0 Å². The number of pyridine rings is 1. The number of hydrogen-bond donors (Lipinski definition) is 1. The lowest BCUT2D eigenvalue weighted by molar-refractivity contribution is 0.305. The Balaban J connectivity index is 1.45. The standard InChI is InChI=1S/C18H22N2O/c1-14-2-9-18(12-20-14)21-13-16-5-3-15(4-6-16)10-11-19-17-7-8-17/h2-6,9,12,17,19H,7-8,10-11,13H2,1H3. The molecule has 0 saturated heterocycles. The molecule has 0 spiro atoms. The topological polar surface area (TPSA) is 34.1 Å². The Bertz CT molecular complexity index is 559. The molecule has 0 aliphatic heterocycles. The number of rotatable bonds is 7. The van der Waals surface area contributed by atoms with E-state index in [-0.39, 0.29) is 0 Å². The van der Waals surface area contributed by atoms with Gasteiger partial charge in [-0.05, 0) is 56.0 Å². The third kappa shape index (κ3) is 4.57. The molecular weight excluding hydrogens is 260 g/mol. The van der Waals surface area contributed by atoms with Gasteiger partial charge in [-0.3, -0.25) is 4.98 Å². The Morgan fingerprint density at radius 2 is 1.86 bits per heavy atom. The summed E-state index contributed by atoms with van der Waals surface area (Å²) < 4.78 is 5.73. The van der Waals surface area contributed by atoms with Crippen LogP contribution in [0.25, 0.3) is 0 Å². The first-order valence-electron chi connectivity index (χ1n) is 7.66. The van der Waals surface area contributed by atoms with Crippen LogP contribution < -0.4 is 10.1 Å². The van der Waals surface area contributed by atoms with Gasteiger partial charge in [-0.2, -0.15) is 0 Å². The third-order valence-corrected chi connectivity index (χ3v) is 3.74. The van der Waals surface area contributed by atoms with Crippen LogP contribution in [0.3, 0.4) is 0 Å². The number of aromatic nitrogens is 1. The normalized spacial score (nSPS) is 14.1. The third-order valence-electron chi connectivity index (χ3n) is 3.74. The van der Waals surface area contributed by atoms with Gasteiger partial charge in [0.25, 0.3) is 0 Å². The molecule has 1 saturated carbocycles. The first-order valence-corrected chi connectivity index (χ1v) is 7.66. The van der Waals surface area contributed by atoms with Gasteiger partial charge in [0, 0.05) is 11.7 Å². The number of aryl methyl sites for hydroxylation is 1. The molecule has 3 rings (SSSR count). The second-order valence-electron chi connectivity index (χ2n) is 5.72. The highest BCUT2D eigenvalue weighted by Gasteiger charge is 2.19. The molecule has 1 aromatic carbocycles. The molecule has 1 aromatic heterocycles. The van der Waals surface area contributed by atoms with Crippen LogP contribution in [0.15, 0.2) is 42.6 Å². The predicted octanol–water partition coefficient (Wildman–Crippen LogP) is 3.26. The monoisotopic (exact) mass is 282 g/mol. The molecule has 1 aliphatic rings. The van der Waals surface area contributed by atoms with E-state index in [1.807, 2.05) is 19.1 Å². The molecule has 0 atom stereocenters. The van der Waals surface area contributed by atoms with Crippen LogP contribution in [0, 0.1) is 6.92 Å². The summed E-state index contributed by atoms with van der Waals surface area (Å²) in [6.07, 6.45) is 5.57. The predicted molar refractivity (Wildman–Crippen MR) is 84.5 cm³/mol. The van der Waals surface area contributed by atoms with Crippen LogP contribution in [-0.4, -0.2) is 17.6 Å². The van der Waals surface area contributed by atoms with Gasteiger partial charge in [0.2, 0.25) is 0 Å². The fourth-order valence-electron chi connectivity index (χ4n) is 2.22. The van der Waals surface area contributed by atoms with Crippen LogP contribution >= 0.6 is 0 Å². The fraction of sp³-hybridized carbons (Fsp3) is 0.389. The van der Waals surface area contributed by atoms with Crippen LogP contribution in [0.1, 0.15) is 29.7 Å². The van der Waals surface area contributed by atoms with Crippen LogP contribution in [0.4, 0.5) is 0 Å². The van der Waals surface area contributed by atoms with Gasteiger partial charge in [-0.25, -0.2) is 0 Å². The molecule has 1 fully saturated rings. The van der Waals surface area contributed by atoms with Crippen molar-refractivity contribution in [2.75, 3.05) is 6.54 Å². The smallest absolute Gasteiger partial charge is 0.138 e. The minimum atomic E-state index is 0.589. The quantitative estimate of drug-likeness (QED) is 0.846. The second kappa shape index (κ2) is 6.72.